The molecular formula is C19H20ClNO3S. The van der Waals surface area contributed by atoms with Gasteiger partial charge in [-0.15, -0.1) is 0 Å². The van der Waals surface area contributed by atoms with Gasteiger partial charge in [-0.1, -0.05) is 41.9 Å². The predicted molar refractivity (Wildman–Crippen MR) is 98.9 cm³/mol. The molecule has 0 aromatic heterocycles. The van der Waals surface area contributed by atoms with E-state index in [0.29, 0.717) is 24.6 Å². The van der Waals surface area contributed by atoms with Crippen molar-refractivity contribution in [1.82, 2.24) is 4.90 Å². The van der Waals surface area contributed by atoms with Gasteiger partial charge in [0.2, 0.25) is 0 Å². The zero-order valence-corrected chi connectivity index (χ0v) is 15.6. The van der Waals surface area contributed by atoms with Crippen LogP contribution < -0.4 is 0 Å². The van der Waals surface area contributed by atoms with Gasteiger partial charge in [0.05, 0.1) is 9.92 Å². The first kappa shape index (κ1) is 18.0. The SMILES string of the molecule is CS(=O)(=O)c1cc(C(=O)N2CCC(c3ccccc3)CC2)ccc1Cl. The third-order valence-corrected chi connectivity index (χ3v) is 6.21. The zero-order valence-electron chi connectivity index (χ0n) is 14.0. The predicted octanol–water partition coefficient (Wildman–Crippen LogP) is 3.76. The molecule has 1 saturated heterocycles. The number of nitrogens with zero attached hydrogens (tertiary/aromatic N) is 1. The fourth-order valence-corrected chi connectivity index (χ4v) is 4.55. The second-order valence-corrected chi connectivity index (χ2v) is 8.79. The summed E-state index contributed by atoms with van der Waals surface area (Å²) in [4.78, 5) is 14.5. The topological polar surface area (TPSA) is 54.5 Å². The van der Waals surface area contributed by atoms with Gasteiger partial charge in [-0.25, -0.2) is 8.42 Å². The Morgan fingerprint density at radius 1 is 1.08 bits per heavy atom. The summed E-state index contributed by atoms with van der Waals surface area (Å²) < 4.78 is 23.6. The molecule has 0 atom stereocenters. The van der Waals surface area contributed by atoms with Crippen molar-refractivity contribution >= 4 is 27.3 Å². The molecule has 0 saturated carbocycles. The van der Waals surface area contributed by atoms with Crippen LogP contribution in [-0.4, -0.2) is 38.6 Å². The molecule has 2 aromatic carbocycles. The Balaban J connectivity index is 1.73. The number of piperidine rings is 1. The third kappa shape index (κ3) is 4.05. The van der Waals surface area contributed by atoms with Crippen molar-refractivity contribution in [1.29, 1.82) is 0 Å². The lowest BCUT2D eigenvalue weighted by molar-refractivity contribution is 0.0713. The van der Waals surface area contributed by atoms with Crippen LogP contribution in [0.1, 0.15) is 34.7 Å². The molecule has 4 nitrogen and oxygen atoms in total. The second kappa shape index (κ2) is 7.18. The Kier molecular flexibility index (Phi) is 5.16. The maximum atomic E-state index is 12.7. The van der Waals surface area contributed by atoms with E-state index in [0.717, 1.165) is 19.1 Å². The van der Waals surface area contributed by atoms with Crippen molar-refractivity contribution < 1.29 is 13.2 Å². The van der Waals surface area contributed by atoms with Gasteiger partial charge < -0.3 is 4.90 Å². The molecule has 0 bridgehead atoms. The van der Waals surface area contributed by atoms with E-state index in [2.05, 4.69) is 12.1 Å². The fourth-order valence-electron chi connectivity index (χ4n) is 3.24. The van der Waals surface area contributed by atoms with E-state index in [9.17, 15) is 13.2 Å². The van der Waals surface area contributed by atoms with Crippen LogP contribution in [0.25, 0.3) is 0 Å². The van der Waals surface area contributed by atoms with Crippen molar-refractivity contribution in [3.8, 4) is 0 Å². The Hall–Kier alpha value is -1.85. The van der Waals surface area contributed by atoms with Gasteiger partial charge in [0.1, 0.15) is 0 Å². The molecule has 6 heteroatoms. The van der Waals surface area contributed by atoms with Gasteiger partial charge in [-0.3, -0.25) is 4.79 Å². The highest BCUT2D eigenvalue weighted by atomic mass is 35.5. The molecular weight excluding hydrogens is 358 g/mol. The Morgan fingerprint density at radius 3 is 2.32 bits per heavy atom. The van der Waals surface area contributed by atoms with Crippen LogP contribution in [-0.2, 0) is 9.84 Å². The number of rotatable bonds is 3. The van der Waals surface area contributed by atoms with E-state index in [1.165, 1.54) is 17.7 Å². The summed E-state index contributed by atoms with van der Waals surface area (Å²) in [7, 11) is -3.47. The summed E-state index contributed by atoms with van der Waals surface area (Å²) in [6, 6.07) is 14.8. The monoisotopic (exact) mass is 377 g/mol. The Labute approximate surface area is 153 Å². The fraction of sp³-hybridized carbons (Fsp3) is 0.316. The molecule has 0 aliphatic carbocycles. The molecule has 3 rings (SSSR count). The number of hydrogen-bond donors (Lipinski definition) is 0. The molecule has 1 aliphatic heterocycles. The number of halogens is 1. The lowest BCUT2D eigenvalue weighted by Gasteiger charge is -2.32. The Morgan fingerprint density at radius 2 is 1.72 bits per heavy atom. The second-order valence-electron chi connectivity index (χ2n) is 6.39. The van der Waals surface area contributed by atoms with Gasteiger partial charge in [0.25, 0.3) is 5.91 Å². The Bertz CT molecular complexity index is 873. The van der Waals surface area contributed by atoms with Crippen molar-refractivity contribution in [3.63, 3.8) is 0 Å². The van der Waals surface area contributed by atoms with Crippen LogP contribution >= 0.6 is 11.6 Å². The van der Waals surface area contributed by atoms with Crippen LogP contribution in [0.15, 0.2) is 53.4 Å². The highest BCUT2D eigenvalue weighted by molar-refractivity contribution is 7.90. The maximum Gasteiger partial charge on any atom is 0.253 e. The number of likely N-dealkylation sites (tertiary alicyclic amines) is 1. The number of carbonyl (C=O) groups is 1. The zero-order chi connectivity index (χ0) is 18.0. The number of amides is 1. The minimum Gasteiger partial charge on any atom is -0.339 e. The lowest BCUT2D eigenvalue weighted by atomic mass is 9.89. The van der Waals surface area contributed by atoms with Crippen LogP contribution in [0.5, 0.6) is 0 Å². The number of carbonyl (C=O) groups excluding carboxylic acids is 1. The van der Waals surface area contributed by atoms with Gasteiger partial charge in [0.15, 0.2) is 9.84 Å². The summed E-state index contributed by atoms with van der Waals surface area (Å²) in [6.45, 7) is 1.32. The van der Waals surface area contributed by atoms with E-state index < -0.39 is 9.84 Å². The molecule has 1 fully saturated rings. The largest absolute Gasteiger partial charge is 0.339 e. The van der Waals surface area contributed by atoms with E-state index in [-0.39, 0.29) is 15.8 Å². The van der Waals surface area contributed by atoms with Crippen molar-refractivity contribution in [3.05, 3.63) is 64.7 Å². The average Bonchev–Trinajstić information content (AvgIpc) is 2.61. The van der Waals surface area contributed by atoms with E-state index in [4.69, 9.17) is 11.6 Å². The van der Waals surface area contributed by atoms with Crippen LogP contribution in [0.3, 0.4) is 0 Å². The minimum atomic E-state index is -3.47. The van der Waals surface area contributed by atoms with Gasteiger partial charge in [-0.05, 0) is 42.5 Å². The molecule has 0 unspecified atom stereocenters. The van der Waals surface area contributed by atoms with Crippen LogP contribution in [0, 0.1) is 0 Å². The van der Waals surface area contributed by atoms with Crippen molar-refractivity contribution in [2.45, 2.75) is 23.7 Å². The highest BCUT2D eigenvalue weighted by Gasteiger charge is 2.25. The lowest BCUT2D eigenvalue weighted by Crippen LogP contribution is -2.38. The van der Waals surface area contributed by atoms with E-state index in [1.807, 2.05) is 18.2 Å². The van der Waals surface area contributed by atoms with Crippen molar-refractivity contribution in [2.24, 2.45) is 0 Å². The number of benzene rings is 2. The standard InChI is InChI=1S/C19H20ClNO3S/c1-25(23,24)18-13-16(7-8-17(18)20)19(22)21-11-9-15(10-12-21)14-5-3-2-4-6-14/h2-8,13,15H,9-12H2,1H3. The molecule has 0 N–H and O–H groups in total. The molecule has 132 valence electrons. The van der Waals surface area contributed by atoms with Gasteiger partial charge >= 0.3 is 0 Å². The summed E-state index contributed by atoms with van der Waals surface area (Å²) in [5.41, 5.74) is 1.67. The quantitative estimate of drug-likeness (QED) is 0.818. The number of sulfone groups is 1. The first-order valence-electron chi connectivity index (χ1n) is 8.20. The van der Waals surface area contributed by atoms with E-state index >= 15 is 0 Å². The molecule has 25 heavy (non-hydrogen) atoms. The molecule has 2 aromatic rings. The minimum absolute atomic E-state index is 0.000752. The summed E-state index contributed by atoms with van der Waals surface area (Å²) >= 11 is 5.95. The molecule has 1 heterocycles. The average molecular weight is 378 g/mol. The molecule has 0 radical (unpaired) electrons. The first-order valence-corrected chi connectivity index (χ1v) is 10.5. The van der Waals surface area contributed by atoms with E-state index in [1.54, 1.807) is 11.0 Å². The van der Waals surface area contributed by atoms with Gasteiger partial charge in [-0.2, -0.15) is 0 Å². The maximum absolute atomic E-state index is 12.7. The first-order chi connectivity index (χ1) is 11.9. The highest BCUT2D eigenvalue weighted by Crippen LogP contribution is 2.29. The summed E-state index contributed by atoms with van der Waals surface area (Å²) in [5, 5.41) is 0.141. The van der Waals surface area contributed by atoms with Crippen molar-refractivity contribution in [2.75, 3.05) is 19.3 Å². The normalized spacial score (nSPS) is 16.0. The van der Waals surface area contributed by atoms with Crippen LogP contribution in [0.4, 0.5) is 0 Å². The molecule has 1 amide bonds. The molecule has 0 spiro atoms. The summed E-state index contributed by atoms with van der Waals surface area (Å²) in [5.74, 6) is 0.315. The smallest absolute Gasteiger partial charge is 0.253 e. The van der Waals surface area contributed by atoms with Gasteiger partial charge in [0, 0.05) is 24.9 Å². The third-order valence-electron chi connectivity index (χ3n) is 4.63. The van der Waals surface area contributed by atoms with Crippen LogP contribution in [0.2, 0.25) is 5.02 Å². The molecule has 1 aliphatic rings. The number of hydrogen-bond acceptors (Lipinski definition) is 3. The summed E-state index contributed by atoms with van der Waals surface area (Å²) in [6.07, 6.45) is 2.90.